The molecule has 0 radical (unpaired) electrons. The quantitative estimate of drug-likeness (QED) is 0.453. The van der Waals surface area contributed by atoms with Gasteiger partial charge in [0, 0.05) is 18.7 Å². The van der Waals surface area contributed by atoms with E-state index in [2.05, 4.69) is 27.6 Å². The Balaban J connectivity index is 1.54. The van der Waals surface area contributed by atoms with Crippen LogP contribution in [0.1, 0.15) is 62.1 Å². The highest BCUT2D eigenvalue weighted by Crippen LogP contribution is 2.38. The number of benzene rings is 2. The van der Waals surface area contributed by atoms with Gasteiger partial charge >= 0.3 is 6.01 Å². The minimum atomic E-state index is -0.222. The highest BCUT2D eigenvalue weighted by atomic mass is 16.3. The lowest BCUT2D eigenvalue weighted by atomic mass is 9.98. The van der Waals surface area contributed by atoms with Crippen LogP contribution in [0.15, 0.2) is 36.4 Å². The Hall–Kier alpha value is -3.06. The number of hydrogen-bond donors (Lipinski definition) is 4. The average Bonchev–Trinajstić information content (AvgIpc) is 3.38. The zero-order valence-corrected chi connectivity index (χ0v) is 18.0. The van der Waals surface area contributed by atoms with Crippen LogP contribution < -0.4 is 5.32 Å². The van der Waals surface area contributed by atoms with Crippen LogP contribution in [0, 0.1) is 0 Å². The first-order valence-corrected chi connectivity index (χ1v) is 10.9. The van der Waals surface area contributed by atoms with E-state index in [1.165, 1.54) is 37.3 Å². The van der Waals surface area contributed by atoms with Gasteiger partial charge in [-0.05, 0) is 41.5 Å². The molecule has 1 heterocycles. The maximum atomic E-state index is 10.4. The summed E-state index contributed by atoms with van der Waals surface area (Å²) in [5.74, 6) is 0.343. The molecule has 3 aromatic rings. The molecule has 2 aromatic carbocycles. The summed E-state index contributed by atoms with van der Waals surface area (Å²) in [5, 5.41) is 42.3. The summed E-state index contributed by atoms with van der Waals surface area (Å²) >= 11 is 0. The fourth-order valence-corrected chi connectivity index (χ4v) is 4.21. The van der Waals surface area contributed by atoms with Gasteiger partial charge in [-0.3, -0.25) is 4.57 Å². The van der Waals surface area contributed by atoms with Crippen molar-refractivity contribution in [3.05, 3.63) is 53.1 Å². The van der Waals surface area contributed by atoms with Crippen LogP contribution in [0.4, 0.5) is 0 Å². The van der Waals surface area contributed by atoms with E-state index >= 15 is 0 Å². The first kappa shape index (κ1) is 21.2. The van der Waals surface area contributed by atoms with Gasteiger partial charge in [-0.25, -0.2) is 0 Å². The van der Waals surface area contributed by atoms with Crippen molar-refractivity contribution in [1.29, 1.82) is 0 Å². The summed E-state index contributed by atoms with van der Waals surface area (Å²) in [7, 11) is 0. The first-order chi connectivity index (χ1) is 14.9. The molecule has 1 fully saturated rings. The molecule has 0 atom stereocenters. The monoisotopic (exact) mass is 422 g/mol. The fourth-order valence-electron chi connectivity index (χ4n) is 4.21. The molecule has 4 rings (SSSR count). The molecular weight excluding hydrogens is 392 g/mol. The van der Waals surface area contributed by atoms with Crippen molar-refractivity contribution in [3.63, 3.8) is 0 Å². The van der Waals surface area contributed by atoms with Crippen LogP contribution in [-0.2, 0) is 13.1 Å². The number of nitrogens with one attached hydrogen (secondary N) is 1. The highest BCUT2D eigenvalue weighted by Gasteiger charge is 2.20. The Bertz CT molecular complexity index is 1040. The van der Waals surface area contributed by atoms with Crippen molar-refractivity contribution in [2.75, 3.05) is 0 Å². The minimum absolute atomic E-state index is 0.0355. The third kappa shape index (κ3) is 4.66. The van der Waals surface area contributed by atoms with E-state index in [9.17, 15) is 15.3 Å². The van der Waals surface area contributed by atoms with Gasteiger partial charge in [0.2, 0.25) is 0 Å². The molecule has 31 heavy (non-hydrogen) atoms. The number of phenols is 2. The Morgan fingerprint density at radius 1 is 0.968 bits per heavy atom. The molecule has 0 unspecified atom stereocenters. The maximum Gasteiger partial charge on any atom is 0.315 e. The summed E-state index contributed by atoms with van der Waals surface area (Å²) in [5.41, 5.74) is 3.33. The van der Waals surface area contributed by atoms with Gasteiger partial charge in [0.15, 0.2) is 5.82 Å². The third-order valence-corrected chi connectivity index (χ3v) is 6.05. The Kier molecular flexibility index (Phi) is 6.13. The van der Waals surface area contributed by atoms with E-state index < -0.39 is 0 Å². The largest absolute Gasteiger partial charge is 0.508 e. The van der Waals surface area contributed by atoms with Crippen LogP contribution >= 0.6 is 0 Å². The van der Waals surface area contributed by atoms with Crippen molar-refractivity contribution >= 4 is 0 Å². The summed E-state index contributed by atoms with van der Waals surface area (Å²) in [6, 6.07) is 11.7. The fraction of sp³-hybridized carbons (Fsp3) is 0.417. The summed E-state index contributed by atoms with van der Waals surface area (Å²) in [6.07, 6.45) is 5.15. The van der Waals surface area contributed by atoms with Crippen LogP contribution in [0.3, 0.4) is 0 Å². The Morgan fingerprint density at radius 3 is 2.32 bits per heavy atom. The molecule has 1 saturated carbocycles. The Morgan fingerprint density at radius 2 is 1.65 bits per heavy atom. The van der Waals surface area contributed by atoms with E-state index in [1.807, 2.05) is 26.0 Å². The van der Waals surface area contributed by atoms with E-state index in [0.29, 0.717) is 29.5 Å². The van der Waals surface area contributed by atoms with Gasteiger partial charge in [-0.2, -0.15) is 0 Å². The molecule has 4 N–H and O–H groups in total. The van der Waals surface area contributed by atoms with Gasteiger partial charge in [0.25, 0.3) is 0 Å². The Labute approximate surface area is 182 Å². The van der Waals surface area contributed by atoms with Crippen LogP contribution in [0.5, 0.6) is 17.5 Å². The van der Waals surface area contributed by atoms with E-state index in [-0.39, 0.29) is 23.4 Å². The SMILES string of the molecule is CC(C)c1cc(-c2nnc(O)n2Cc2ccc(CNC3CCCC3)cc2)c(O)cc1O. The van der Waals surface area contributed by atoms with Gasteiger partial charge in [-0.1, -0.05) is 56.1 Å². The van der Waals surface area contributed by atoms with Crippen LogP contribution in [0.2, 0.25) is 0 Å². The highest BCUT2D eigenvalue weighted by molar-refractivity contribution is 5.68. The van der Waals surface area contributed by atoms with Crippen LogP contribution in [-0.4, -0.2) is 36.1 Å². The molecule has 1 aliphatic carbocycles. The third-order valence-electron chi connectivity index (χ3n) is 6.05. The predicted octanol–water partition coefficient (Wildman–Crippen LogP) is 4.27. The van der Waals surface area contributed by atoms with E-state index in [4.69, 9.17) is 0 Å². The number of rotatable bonds is 7. The summed E-state index contributed by atoms with van der Waals surface area (Å²) in [4.78, 5) is 0. The molecule has 7 nitrogen and oxygen atoms in total. The number of hydrogen-bond acceptors (Lipinski definition) is 6. The van der Waals surface area contributed by atoms with Gasteiger partial charge in [-0.15, -0.1) is 5.10 Å². The lowest BCUT2D eigenvalue weighted by Gasteiger charge is -2.14. The molecule has 0 spiro atoms. The first-order valence-electron chi connectivity index (χ1n) is 10.9. The summed E-state index contributed by atoms with van der Waals surface area (Å²) in [6.45, 7) is 5.14. The molecule has 7 heteroatoms. The molecule has 0 aliphatic heterocycles. The smallest absolute Gasteiger partial charge is 0.315 e. The molecule has 1 aliphatic rings. The lowest BCUT2D eigenvalue weighted by molar-refractivity contribution is 0.404. The van der Waals surface area contributed by atoms with Gasteiger partial charge in [0.1, 0.15) is 11.5 Å². The van der Waals surface area contributed by atoms with Gasteiger partial charge < -0.3 is 20.6 Å². The van der Waals surface area contributed by atoms with Crippen molar-refractivity contribution < 1.29 is 15.3 Å². The second-order valence-corrected chi connectivity index (χ2v) is 8.67. The second-order valence-electron chi connectivity index (χ2n) is 8.67. The predicted molar refractivity (Wildman–Crippen MR) is 119 cm³/mol. The van der Waals surface area contributed by atoms with E-state index in [1.54, 1.807) is 10.6 Å². The zero-order chi connectivity index (χ0) is 22.0. The van der Waals surface area contributed by atoms with Crippen molar-refractivity contribution in [2.45, 2.75) is 64.6 Å². The second kappa shape index (κ2) is 8.98. The standard InChI is InChI=1S/C24H30N4O3/c1-15(2)19-11-20(22(30)12-21(19)29)23-26-27-24(31)28(23)14-17-9-7-16(8-10-17)13-25-18-5-3-4-6-18/h7-12,15,18,25,29-30H,3-6,13-14H2,1-2H3,(H,27,31). The van der Waals surface area contributed by atoms with E-state index in [0.717, 1.165) is 12.1 Å². The molecule has 0 saturated heterocycles. The molecule has 0 amide bonds. The average molecular weight is 423 g/mol. The number of aromatic hydroxyl groups is 3. The maximum absolute atomic E-state index is 10.4. The number of nitrogens with zero attached hydrogens (tertiary/aromatic N) is 3. The van der Waals surface area contributed by atoms with Crippen molar-refractivity contribution in [3.8, 4) is 28.9 Å². The van der Waals surface area contributed by atoms with Gasteiger partial charge in [0.05, 0.1) is 12.1 Å². The molecule has 0 bridgehead atoms. The number of phenolic OH excluding ortho intramolecular Hbond substituents is 2. The van der Waals surface area contributed by atoms with Crippen LogP contribution in [0.25, 0.3) is 11.4 Å². The molecular formula is C24H30N4O3. The molecule has 164 valence electrons. The minimum Gasteiger partial charge on any atom is -0.508 e. The van der Waals surface area contributed by atoms with Crippen molar-refractivity contribution in [1.82, 2.24) is 20.1 Å². The lowest BCUT2D eigenvalue weighted by Crippen LogP contribution is -2.25. The van der Waals surface area contributed by atoms with Crippen molar-refractivity contribution in [2.24, 2.45) is 0 Å². The number of aromatic nitrogens is 3. The normalized spacial score (nSPS) is 14.5. The topological polar surface area (TPSA) is 103 Å². The molecule has 1 aromatic heterocycles. The zero-order valence-electron chi connectivity index (χ0n) is 18.0. The summed E-state index contributed by atoms with van der Waals surface area (Å²) < 4.78 is 1.56.